The molecule has 0 aromatic rings. The first-order valence-electron chi connectivity index (χ1n) is 6.75. The molecule has 4 heteroatoms. The van der Waals surface area contributed by atoms with Crippen molar-refractivity contribution in [3.63, 3.8) is 0 Å². The van der Waals surface area contributed by atoms with Gasteiger partial charge in [-0.2, -0.15) is 0 Å². The summed E-state index contributed by atoms with van der Waals surface area (Å²) in [4.78, 5) is 16.1. The normalized spacial score (nSPS) is 18.5. The molecule has 1 heterocycles. The summed E-state index contributed by atoms with van der Waals surface area (Å²) < 4.78 is 0. The van der Waals surface area contributed by atoms with E-state index in [1.807, 2.05) is 4.90 Å². The fourth-order valence-corrected chi connectivity index (χ4v) is 2.07. The Kier molecular flexibility index (Phi) is 6.52. The average Bonchev–Trinajstić information content (AvgIpc) is 2.34. The molecule has 0 aliphatic carbocycles. The van der Waals surface area contributed by atoms with Gasteiger partial charge in [0.15, 0.2) is 0 Å². The smallest absolute Gasteiger partial charge is 0.236 e. The summed E-state index contributed by atoms with van der Waals surface area (Å²) in [6.45, 7) is 5.60. The molecule has 1 amide bonds. The van der Waals surface area contributed by atoms with Crippen LogP contribution in [0.3, 0.4) is 0 Å². The second-order valence-electron chi connectivity index (χ2n) is 5.32. The quantitative estimate of drug-likeness (QED) is 0.751. The van der Waals surface area contributed by atoms with Crippen molar-refractivity contribution < 1.29 is 4.79 Å². The Bertz CT molecular complexity index is 225. The second-order valence-corrected chi connectivity index (χ2v) is 5.32. The van der Waals surface area contributed by atoms with Gasteiger partial charge < -0.3 is 15.1 Å². The molecule has 0 spiro atoms. The summed E-state index contributed by atoms with van der Waals surface area (Å²) in [5.74, 6) is 0.265. The Morgan fingerprint density at radius 1 is 1.29 bits per heavy atom. The van der Waals surface area contributed by atoms with E-state index in [1.165, 1.54) is 19.3 Å². The molecule has 1 unspecified atom stereocenters. The number of hydrogen-bond acceptors (Lipinski definition) is 3. The summed E-state index contributed by atoms with van der Waals surface area (Å²) in [6, 6.07) is 0.408. The topological polar surface area (TPSA) is 35.6 Å². The zero-order valence-corrected chi connectivity index (χ0v) is 11.5. The van der Waals surface area contributed by atoms with Crippen LogP contribution in [0.25, 0.3) is 0 Å². The molecule has 1 aliphatic rings. The van der Waals surface area contributed by atoms with Gasteiger partial charge in [-0.25, -0.2) is 0 Å². The summed E-state index contributed by atoms with van der Waals surface area (Å²) in [5, 5.41) is 3.32. The summed E-state index contributed by atoms with van der Waals surface area (Å²) in [5.41, 5.74) is 0. The van der Waals surface area contributed by atoms with Crippen LogP contribution in [0.1, 0.15) is 32.6 Å². The fraction of sp³-hybridized carbons (Fsp3) is 0.923. The Hall–Kier alpha value is -0.610. The van der Waals surface area contributed by atoms with Crippen molar-refractivity contribution in [1.29, 1.82) is 0 Å². The van der Waals surface area contributed by atoms with Crippen molar-refractivity contribution >= 4 is 5.91 Å². The lowest BCUT2D eigenvalue weighted by Gasteiger charge is -2.27. The monoisotopic (exact) mass is 241 g/mol. The van der Waals surface area contributed by atoms with Crippen LogP contribution >= 0.6 is 0 Å². The highest BCUT2D eigenvalue weighted by Gasteiger charge is 2.16. The molecular weight excluding hydrogens is 214 g/mol. The molecule has 4 nitrogen and oxygen atoms in total. The van der Waals surface area contributed by atoms with Crippen LogP contribution in [0.4, 0.5) is 0 Å². The lowest BCUT2D eigenvalue weighted by atomic mass is 10.1. The molecule has 0 aromatic heterocycles. The van der Waals surface area contributed by atoms with E-state index >= 15 is 0 Å². The van der Waals surface area contributed by atoms with Gasteiger partial charge >= 0.3 is 0 Å². The standard InChI is InChI=1S/C13H27N3O/c1-12(7-10-15(2)3)14-11-13(17)16-8-5-4-6-9-16/h12,14H,4-11H2,1-3H3. The minimum atomic E-state index is 0.265. The Morgan fingerprint density at radius 3 is 2.53 bits per heavy atom. The zero-order valence-electron chi connectivity index (χ0n) is 11.5. The Morgan fingerprint density at radius 2 is 1.94 bits per heavy atom. The number of nitrogens with one attached hydrogen (secondary N) is 1. The molecule has 0 bridgehead atoms. The number of carbonyl (C=O) groups excluding carboxylic acids is 1. The highest BCUT2D eigenvalue weighted by atomic mass is 16.2. The maximum Gasteiger partial charge on any atom is 0.236 e. The van der Waals surface area contributed by atoms with Gasteiger partial charge in [-0.1, -0.05) is 0 Å². The number of piperidine rings is 1. The number of carbonyl (C=O) groups is 1. The molecule has 1 N–H and O–H groups in total. The van der Waals surface area contributed by atoms with Gasteiger partial charge in [0.2, 0.25) is 5.91 Å². The SMILES string of the molecule is CC(CCN(C)C)NCC(=O)N1CCCCC1. The largest absolute Gasteiger partial charge is 0.342 e. The first kappa shape index (κ1) is 14.5. The van der Waals surface area contributed by atoms with Crippen molar-refractivity contribution in [2.24, 2.45) is 0 Å². The van der Waals surface area contributed by atoms with Crippen LogP contribution in [0.2, 0.25) is 0 Å². The van der Waals surface area contributed by atoms with Gasteiger partial charge in [-0.15, -0.1) is 0 Å². The third kappa shape index (κ3) is 6.03. The van der Waals surface area contributed by atoms with E-state index in [1.54, 1.807) is 0 Å². The maximum atomic E-state index is 11.9. The Balaban J connectivity index is 2.13. The number of likely N-dealkylation sites (tertiary alicyclic amines) is 1. The third-order valence-corrected chi connectivity index (χ3v) is 3.32. The fourth-order valence-electron chi connectivity index (χ4n) is 2.07. The van der Waals surface area contributed by atoms with Crippen molar-refractivity contribution in [3.8, 4) is 0 Å². The van der Waals surface area contributed by atoms with Crippen LogP contribution in [0, 0.1) is 0 Å². The van der Waals surface area contributed by atoms with E-state index in [2.05, 4.69) is 31.2 Å². The molecule has 0 radical (unpaired) electrons. The van der Waals surface area contributed by atoms with Crippen LogP contribution in [0.15, 0.2) is 0 Å². The van der Waals surface area contributed by atoms with E-state index in [9.17, 15) is 4.79 Å². The summed E-state index contributed by atoms with van der Waals surface area (Å²) >= 11 is 0. The first-order chi connectivity index (χ1) is 8.09. The van der Waals surface area contributed by atoms with Crippen LogP contribution in [0.5, 0.6) is 0 Å². The van der Waals surface area contributed by atoms with Gasteiger partial charge in [0.25, 0.3) is 0 Å². The predicted molar refractivity (Wildman–Crippen MR) is 71.1 cm³/mol. The van der Waals surface area contributed by atoms with Crippen LogP contribution < -0.4 is 5.32 Å². The van der Waals surface area contributed by atoms with E-state index in [-0.39, 0.29) is 5.91 Å². The number of nitrogens with zero attached hydrogens (tertiary/aromatic N) is 2. The lowest BCUT2D eigenvalue weighted by molar-refractivity contribution is -0.131. The number of rotatable bonds is 6. The molecule has 1 rings (SSSR count). The molecule has 1 atom stereocenters. The summed E-state index contributed by atoms with van der Waals surface area (Å²) in [6.07, 6.45) is 4.70. The van der Waals surface area contributed by atoms with Gasteiger partial charge in [-0.3, -0.25) is 4.79 Å². The highest BCUT2D eigenvalue weighted by molar-refractivity contribution is 5.78. The van der Waals surface area contributed by atoms with E-state index < -0.39 is 0 Å². The predicted octanol–water partition coefficient (Wildman–Crippen LogP) is 0.929. The van der Waals surface area contributed by atoms with E-state index in [0.717, 1.165) is 26.1 Å². The number of hydrogen-bond donors (Lipinski definition) is 1. The summed E-state index contributed by atoms with van der Waals surface area (Å²) in [7, 11) is 4.15. The first-order valence-corrected chi connectivity index (χ1v) is 6.75. The third-order valence-electron chi connectivity index (χ3n) is 3.32. The zero-order chi connectivity index (χ0) is 12.7. The van der Waals surface area contributed by atoms with Gasteiger partial charge in [0, 0.05) is 19.1 Å². The molecule has 100 valence electrons. The Labute approximate surface area is 105 Å². The highest BCUT2D eigenvalue weighted by Crippen LogP contribution is 2.08. The van der Waals surface area contributed by atoms with Crippen molar-refractivity contribution in [2.45, 2.75) is 38.6 Å². The van der Waals surface area contributed by atoms with Crippen molar-refractivity contribution in [3.05, 3.63) is 0 Å². The molecule has 1 fully saturated rings. The van der Waals surface area contributed by atoms with Gasteiger partial charge in [-0.05, 0) is 53.2 Å². The van der Waals surface area contributed by atoms with Gasteiger partial charge in [0.05, 0.1) is 6.54 Å². The molecule has 0 saturated carbocycles. The van der Waals surface area contributed by atoms with Gasteiger partial charge in [0.1, 0.15) is 0 Å². The van der Waals surface area contributed by atoms with Crippen LogP contribution in [-0.2, 0) is 4.79 Å². The minimum absolute atomic E-state index is 0.265. The molecule has 17 heavy (non-hydrogen) atoms. The molecular formula is C13H27N3O. The second kappa shape index (κ2) is 7.67. The molecule has 0 aromatic carbocycles. The van der Waals surface area contributed by atoms with Crippen molar-refractivity contribution in [2.75, 3.05) is 40.3 Å². The minimum Gasteiger partial charge on any atom is -0.342 e. The molecule has 1 aliphatic heterocycles. The average molecular weight is 241 g/mol. The molecule has 1 saturated heterocycles. The number of amides is 1. The lowest BCUT2D eigenvalue weighted by Crippen LogP contribution is -2.43. The van der Waals surface area contributed by atoms with Crippen molar-refractivity contribution in [1.82, 2.24) is 15.1 Å². The van der Waals surface area contributed by atoms with E-state index in [0.29, 0.717) is 12.6 Å². The maximum absolute atomic E-state index is 11.9. The van der Waals surface area contributed by atoms with Crippen LogP contribution in [-0.4, -0.2) is 62.0 Å². The van der Waals surface area contributed by atoms with E-state index in [4.69, 9.17) is 0 Å².